The lowest BCUT2D eigenvalue weighted by Gasteiger charge is -2.15. The summed E-state index contributed by atoms with van der Waals surface area (Å²) in [6, 6.07) is 15.5. The third-order valence-electron chi connectivity index (χ3n) is 9.94. The molecule has 0 amide bonds. The van der Waals surface area contributed by atoms with E-state index in [-0.39, 0.29) is 79.1 Å². The fourth-order valence-electron chi connectivity index (χ4n) is 6.47. The summed E-state index contributed by atoms with van der Waals surface area (Å²) in [4.78, 5) is 60.6. The van der Waals surface area contributed by atoms with Gasteiger partial charge in [-0.05, 0) is 42.5 Å². The van der Waals surface area contributed by atoms with Crippen molar-refractivity contribution in [3.63, 3.8) is 0 Å². The number of nitrogens with zero attached hydrogens (tertiary/aromatic N) is 15. The van der Waals surface area contributed by atoms with E-state index in [2.05, 4.69) is 61.1 Å². The van der Waals surface area contributed by atoms with E-state index in [1.165, 1.54) is 45.8 Å². The van der Waals surface area contributed by atoms with Gasteiger partial charge in [-0.1, -0.05) is 88.5 Å². The smallest absolute Gasteiger partial charge is 0.335 e. The van der Waals surface area contributed by atoms with E-state index in [0.29, 0.717) is 32.5 Å². The average Bonchev–Trinajstić information content (AvgIpc) is 4.13. The van der Waals surface area contributed by atoms with Gasteiger partial charge in [-0.25, -0.2) is 19.2 Å². The number of carbonyl (C=O) groups is 4. The highest BCUT2D eigenvalue weighted by atomic mass is 32.1. The van der Waals surface area contributed by atoms with E-state index in [1.54, 1.807) is 24.3 Å². The third kappa shape index (κ3) is 10.3. The largest absolute Gasteiger partial charge is 0.478 e. The predicted octanol–water partition coefficient (Wildman–Crippen LogP) is 8.41. The quantitative estimate of drug-likeness (QED) is 0.0502. The standard InChI is InChI=1S/C43H38N18O8S2/c1-42(2,3)27-25(50-54-40-56-52-31(70-40)18-7-11-20(12-8-18)33(62)63)29(44)60(58-27)38-47-37(46-24-16-22(35(66)67)15-23(17-24)36(68)69)48-39(49-38)61-30(45)26(28(59-61)43(4,5)6)51-55-41-57-53-32(71-41)19-9-13-21(14-10-19)34(64)65/h7-17H,44-45H2,1-6H3,(H,62,63)(H,64,65)(H,66,67)(H,68,69)(H,46,47,48,49). The van der Waals surface area contributed by atoms with E-state index in [9.17, 15) is 39.6 Å². The molecule has 0 aliphatic heterocycles. The summed E-state index contributed by atoms with van der Waals surface area (Å²) in [6.07, 6.45) is 0. The Morgan fingerprint density at radius 3 is 1.27 bits per heavy atom. The number of rotatable bonds is 14. The van der Waals surface area contributed by atoms with E-state index in [0.717, 1.165) is 28.7 Å². The van der Waals surface area contributed by atoms with Crippen molar-refractivity contribution in [3.05, 3.63) is 100 Å². The van der Waals surface area contributed by atoms with Crippen molar-refractivity contribution in [2.75, 3.05) is 16.8 Å². The number of carboxylic acids is 4. The number of anilines is 4. The van der Waals surface area contributed by atoms with Crippen LogP contribution in [0.25, 0.3) is 33.0 Å². The zero-order valence-electron chi connectivity index (χ0n) is 38.0. The van der Waals surface area contributed by atoms with Crippen LogP contribution >= 0.6 is 22.7 Å². The molecule has 28 heteroatoms. The molecule has 360 valence electrons. The molecular weight excluding hydrogens is 961 g/mol. The maximum Gasteiger partial charge on any atom is 0.335 e. The number of carboxylic acid groups (broad SMARTS) is 4. The van der Waals surface area contributed by atoms with Gasteiger partial charge in [0.15, 0.2) is 23.0 Å². The molecule has 0 bridgehead atoms. The van der Waals surface area contributed by atoms with Crippen molar-refractivity contribution in [2.24, 2.45) is 20.5 Å². The van der Waals surface area contributed by atoms with Crippen molar-refractivity contribution in [1.82, 2.24) is 54.9 Å². The van der Waals surface area contributed by atoms with Gasteiger partial charge in [-0.15, -0.1) is 40.9 Å². The summed E-state index contributed by atoms with van der Waals surface area (Å²) in [7, 11) is 0. The highest BCUT2D eigenvalue weighted by Gasteiger charge is 2.31. The molecule has 8 rings (SSSR count). The molecular formula is C43H38N18O8S2. The molecule has 0 aliphatic carbocycles. The fraction of sp³-hybridized carbons (Fsp3) is 0.186. The van der Waals surface area contributed by atoms with Gasteiger partial charge in [0.1, 0.15) is 10.0 Å². The zero-order chi connectivity index (χ0) is 51.1. The lowest BCUT2D eigenvalue weighted by Crippen LogP contribution is -2.17. The Morgan fingerprint density at radius 2 is 0.915 bits per heavy atom. The number of nitrogens with one attached hydrogen (secondary N) is 1. The average molecular weight is 999 g/mol. The maximum atomic E-state index is 12.1. The summed E-state index contributed by atoms with van der Waals surface area (Å²) < 4.78 is 2.34. The van der Waals surface area contributed by atoms with Crippen molar-refractivity contribution in [1.29, 1.82) is 0 Å². The number of azo groups is 2. The fourth-order valence-corrected chi connectivity index (χ4v) is 7.82. The molecule has 5 aromatic heterocycles. The van der Waals surface area contributed by atoms with Crippen LogP contribution in [0, 0.1) is 0 Å². The van der Waals surface area contributed by atoms with Gasteiger partial charge in [0, 0.05) is 27.6 Å². The summed E-state index contributed by atoms with van der Waals surface area (Å²) in [5.41, 5.74) is 13.8. The molecule has 8 aromatic rings. The first-order valence-electron chi connectivity index (χ1n) is 20.7. The molecule has 26 nitrogen and oxygen atoms in total. The van der Waals surface area contributed by atoms with Crippen LogP contribution in [0.3, 0.4) is 0 Å². The molecule has 3 aromatic carbocycles. The second kappa shape index (κ2) is 18.6. The minimum Gasteiger partial charge on any atom is -0.478 e. The van der Waals surface area contributed by atoms with Crippen LogP contribution < -0.4 is 16.8 Å². The molecule has 0 fully saturated rings. The highest BCUT2D eigenvalue weighted by molar-refractivity contribution is 7.18. The van der Waals surface area contributed by atoms with E-state index in [4.69, 9.17) is 21.7 Å². The second-order valence-electron chi connectivity index (χ2n) is 17.2. The van der Waals surface area contributed by atoms with Gasteiger partial charge >= 0.3 is 23.9 Å². The number of hydrogen-bond donors (Lipinski definition) is 7. The van der Waals surface area contributed by atoms with E-state index >= 15 is 0 Å². The van der Waals surface area contributed by atoms with Crippen LogP contribution in [0.15, 0.2) is 87.2 Å². The molecule has 71 heavy (non-hydrogen) atoms. The number of hydrogen-bond acceptors (Lipinski definition) is 22. The zero-order valence-corrected chi connectivity index (χ0v) is 39.6. The number of nitrogens with two attached hydrogens (primary N) is 2. The Labute approximate surface area is 407 Å². The topological polar surface area (TPSA) is 389 Å². The molecule has 5 heterocycles. The molecule has 0 unspecified atom stereocenters. The van der Waals surface area contributed by atoms with Gasteiger partial charge in [0.2, 0.25) is 5.95 Å². The molecule has 9 N–H and O–H groups in total. The van der Waals surface area contributed by atoms with Crippen LogP contribution in [0.5, 0.6) is 0 Å². The first kappa shape index (κ1) is 48.2. The summed E-state index contributed by atoms with van der Waals surface area (Å²) in [5, 5.41) is 85.9. The minimum atomic E-state index is -1.40. The van der Waals surface area contributed by atoms with Crippen molar-refractivity contribution >= 4 is 91.5 Å². The lowest BCUT2D eigenvalue weighted by molar-refractivity contribution is 0.0680. The summed E-state index contributed by atoms with van der Waals surface area (Å²) >= 11 is 2.18. The summed E-state index contributed by atoms with van der Waals surface area (Å²) in [6.45, 7) is 11.2. The van der Waals surface area contributed by atoms with E-state index in [1.807, 2.05) is 41.5 Å². The Hall–Kier alpha value is -9.31. The van der Waals surface area contributed by atoms with Gasteiger partial charge in [0.25, 0.3) is 22.2 Å². The van der Waals surface area contributed by atoms with Crippen LogP contribution in [0.4, 0.5) is 44.9 Å². The van der Waals surface area contributed by atoms with Crippen molar-refractivity contribution in [2.45, 2.75) is 52.4 Å². The molecule has 0 atom stereocenters. The van der Waals surface area contributed by atoms with Crippen LogP contribution in [-0.4, -0.2) is 99.2 Å². The molecule has 0 radical (unpaired) electrons. The number of aromatic nitrogens is 11. The Morgan fingerprint density at radius 1 is 0.535 bits per heavy atom. The first-order chi connectivity index (χ1) is 33.5. The van der Waals surface area contributed by atoms with Crippen LogP contribution in [0.2, 0.25) is 0 Å². The molecule has 0 saturated heterocycles. The Balaban J connectivity index is 1.23. The number of aromatic carboxylic acids is 4. The Kier molecular flexibility index (Phi) is 12.6. The SMILES string of the molecule is CC(C)(C)c1nn(-c2nc(Nc3cc(C(=O)O)cc(C(=O)O)c3)nc(-n3nc(C(C)(C)C)c(N=Nc4nnc(-c5ccc(C(=O)O)cc5)s4)c3N)n2)c(N)c1N=Nc1nnc(-c2ccc(C(=O)O)cc2)s1. The van der Waals surface area contributed by atoms with Gasteiger partial charge in [0.05, 0.1) is 33.6 Å². The first-order valence-corrected chi connectivity index (χ1v) is 22.3. The lowest BCUT2D eigenvalue weighted by atomic mass is 9.91. The van der Waals surface area contributed by atoms with Gasteiger partial charge < -0.3 is 37.2 Å². The molecule has 0 aliphatic rings. The minimum absolute atomic E-state index is 0.0227. The van der Waals surface area contributed by atoms with E-state index < -0.39 is 34.7 Å². The Bertz CT molecular complexity index is 3260. The maximum absolute atomic E-state index is 12.1. The second-order valence-corrected chi connectivity index (χ2v) is 19.1. The van der Waals surface area contributed by atoms with Gasteiger partial charge in [-0.2, -0.15) is 34.5 Å². The number of nitrogen functional groups attached to an aromatic ring is 2. The van der Waals surface area contributed by atoms with Crippen molar-refractivity contribution in [3.8, 4) is 33.0 Å². The number of benzene rings is 3. The molecule has 0 spiro atoms. The predicted molar refractivity (Wildman–Crippen MR) is 257 cm³/mol. The van der Waals surface area contributed by atoms with Gasteiger partial charge in [-0.3, -0.25) is 0 Å². The van der Waals surface area contributed by atoms with Crippen LogP contribution in [0.1, 0.15) is 94.4 Å². The highest BCUT2D eigenvalue weighted by Crippen LogP contribution is 2.41. The third-order valence-corrected chi connectivity index (χ3v) is 11.7. The summed E-state index contributed by atoms with van der Waals surface area (Å²) in [5.74, 6) is -5.84. The monoisotopic (exact) mass is 998 g/mol. The van der Waals surface area contributed by atoms with Crippen molar-refractivity contribution < 1.29 is 39.6 Å². The normalized spacial score (nSPS) is 12.0. The molecule has 0 saturated carbocycles. The van der Waals surface area contributed by atoms with Crippen LogP contribution in [-0.2, 0) is 10.8 Å².